The molecule has 1 aromatic carbocycles. The number of pyridine rings is 1. The van der Waals surface area contributed by atoms with Crippen LogP contribution in [0.5, 0.6) is 17.4 Å². The van der Waals surface area contributed by atoms with Crippen LogP contribution in [0.25, 0.3) is 0 Å². The predicted molar refractivity (Wildman–Crippen MR) is 71.4 cm³/mol. The highest BCUT2D eigenvalue weighted by molar-refractivity contribution is 5.38. The van der Waals surface area contributed by atoms with Gasteiger partial charge < -0.3 is 9.47 Å². The molecule has 2 aromatic rings. The van der Waals surface area contributed by atoms with Crippen molar-refractivity contribution in [2.45, 2.75) is 13.8 Å². The largest absolute Gasteiger partial charge is 0.494 e. The first-order chi connectivity index (χ1) is 9.21. The fourth-order valence-corrected chi connectivity index (χ4v) is 1.65. The average molecular weight is 254 g/mol. The summed E-state index contributed by atoms with van der Waals surface area (Å²) in [5.41, 5.74) is 1.29. The Bertz CT molecular complexity index is 601. The molecule has 4 heteroatoms. The highest BCUT2D eigenvalue weighted by Crippen LogP contribution is 2.23. The molecule has 0 aliphatic rings. The van der Waals surface area contributed by atoms with E-state index in [1.54, 1.807) is 24.3 Å². The van der Waals surface area contributed by atoms with Crippen LogP contribution in [-0.4, -0.2) is 11.6 Å². The van der Waals surface area contributed by atoms with Crippen molar-refractivity contribution in [3.8, 4) is 23.4 Å². The van der Waals surface area contributed by atoms with Crippen LogP contribution in [0.15, 0.2) is 36.4 Å². The van der Waals surface area contributed by atoms with E-state index in [1.807, 2.05) is 26.0 Å². The summed E-state index contributed by atoms with van der Waals surface area (Å²) in [6, 6.07) is 12.7. The third-order valence-electron chi connectivity index (χ3n) is 2.42. The van der Waals surface area contributed by atoms with E-state index in [0.717, 1.165) is 11.4 Å². The zero-order chi connectivity index (χ0) is 13.7. The number of hydrogen-bond acceptors (Lipinski definition) is 4. The number of aromatic nitrogens is 1. The number of rotatable bonds is 4. The Labute approximate surface area is 112 Å². The van der Waals surface area contributed by atoms with E-state index in [4.69, 9.17) is 14.7 Å². The minimum absolute atomic E-state index is 0.417. The maximum Gasteiger partial charge on any atom is 0.220 e. The van der Waals surface area contributed by atoms with Crippen LogP contribution in [0, 0.1) is 18.3 Å². The zero-order valence-electron chi connectivity index (χ0n) is 10.9. The second-order valence-electron chi connectivity index (χ2n) is 3.95. The number of ether oxygens (including phenoxy) is 2. The van der Waals surface area contributed by atoms with Gasteiger partial charge in [0.25, 0.3) is 0 Å². The second kappa shape index (κ2) is 5.87. The summed E-state index contributed by atoms with van der Waals surface area (Å²) in [7, 11) is 0. The first kappa shape index (κ1) is 12.9. The van der Waals surface area contributed by atoms with Crippen molar-refractivity contribution >= 4 is 0 Å². The molecule has 0 saturated carbocycles. The molecule has 19 heavy (non-hydrogen) atoms. The minimum atomic E-state index is 0.417. The number of benzene rings is 1. The van der Waals surface area contributed by atoms with E-state index in [2.05, 4.69) is 11.1 Å². The van der Waals surface area contributed by atoms with Gasteiger partial charge in [-0.15, -0.1) is 0 Å². The van der Waals surface area contributed by atoms with Gasteiger partial charge in [-0.05, 0) is 44.2 Å². The average Bonchev–Trinajstić information content (AvgIpc) is 2.40. The van der Waals surface area contributed by atoms with Gasteiger partial charge in [-0.25, -0.2) is 4.98 Å². The smallest absolute Gasteiger partial charge is 0.220 e. The van der Waals surface area contributed by atoms with Gasteiger partial charge in [0.2, 0.25) is 5.88 Å². The summed E-state index contributed by atoms with van der Waals surface area (Å²) in [4.78, 5) is 4.23. The molecular formula is C15H14N2O2. The Morgan fingerprint density at radius 1 is 1.16 bits per heavy atom. The Balaban J connectivity index is 2.17. The molecule has 1 aromatic heterocycles. The molecular weight excluding hydrogens is 240 g/mol. The van der Waals surface area contributed by atoms with Gasteiger partial charge in [0.15, 0.2) is 0 Å². The summed E-state index contributed by atoms with van der Waals surface area (Å²) >= 11 is 0. The van der Waals surface area contributed by atoms with Gasteiger partial charge in [0.05, 0.1) is 18.2 Å². The molecule has 0 spiro atoms. The van der Waals surface area contributed by atoms with Gasteiger partial charge in [-0.3, -0.25) is 0 Å². The SMILES string of the molecule is CCOc1ccc(Oc2cc(C#N)cc(C)n2)cc1. The number of nitriles is 1. The van der Waals surface area contributed by atoms with Crippen LogP contribution in [0.4, 0.5) is 0 Å². The summed E-state index contributed by atoms with van der Waals surface area (Å²) in [6.07, 6.45) is 0. The predicted octanol–water partition coefficient (Wildman–Crippen LogP) is 3.45. The highest BCUT2D eigenvalue weighted by atomic mass is 16.5. The molecule has 0 aliphatic carbocycles. The molecule has 0 bridgehead atoms. The lowest BCUT2D eigenvalue weighted by Gasteiger charge is -2.07. The van der Waals surface area contributed by atoms with E-state index in [9.17, 15) is 0 Å². The third kappa shape index (κ3) is 3.46. The standard InChI is InChI=1S/C15H14N2O2/c1-3-18-13-4-6-14(7-5-13)19-15-9-12(10-16)8-11(2)17-15/h4-9H,3H2,1-2H3. The lowest BCUT2D eigenvalue weighted by Crippen LogP contribution is -1.93. The van der Waals surface area contributed by atoms with Gasteiger partial charge in [-0.1, -0.05) is 0 Å². The third-order valence-corrected chi connectivity index (χ3v) is 2.42. The van der Waals surface area contributed by atoms with Crippen molar-refractivity contribution in [3.05, 3.63) is 47.7 Å². The molecule has 0 aliphatic heterocycles. The van der Waals surface area contributed by atoms with E-state index in [1.165, 1.54) is 0 Å². The summed E-state index contributed by atoms with van der Waals surface area (Å²) in [5.74, 6) is 1.87. The van der Waals surface area contributed by atoms with Crippen molar-refractivity contribution in [1.82, 2.24) is 4.98 Å². The quantitative estimate of drug-likeness (QED) is 0.838. The zero-order valence-corrected chi connectivity index (χ0v) is 10.9. The van der Waals surface area contributed by atoms with Crippen molar-refractivity contribution in [1.29, 1.82) is 5.26 Å². The van der Waals surface area contributed by atoms with Crippen LogP contribution in [0.1, 0.15) is 18.2 Å². The van der Waals surface area contributed by atoms with Crippen molar-refractivity contribution in [2.24, 2.45) is 0 Å². The van der Waals surface area contributed by atoms with E-state index in [0.29, 0.717) is 23.8 Å². The maximum absolute atomic E-state index is 8.90. The molecule has 0 atom stereocenters. The number of hydrogen-bond donors (Lipinski definition) is 0. The van der Waals surface area contributed by atoms with Gasteiger partial charge in [0.1, 0.15) is 11.5 Å². The van der Waals surface area contributed by atoms with E-state index < -0.39 is 0 Å². The number of nitrogens with zero attached hydrogens (tertiary/aromatic N) is 2. The Morgan fingerprint density at radius 3 is 2.47 bits per heavy atom. The summed E-state index contributed by atoms with van der Waals surface area (Å²) in [5, 5.41) is 8.90. The Morgan fingerprint density at radius 2 is 1.84 bits per heavy atom. The van der Waals surface area contributed by atoms with Gasteiger partial charge in [-0.2, -0.15) is 5.26 Å². The molecule has 4 nitrogen and oxygen atoms in total. The van der Waals surface area contributed by atoms with Gasteiger partial charge in [0, 0.05) is 11.8 Å². The van der Waals surface area contributed by atoms with Crippen LogP contribution in [0.3, 0.4) is 0 Å². The summed E-state index contributed by atoms with van der Waals surface area (Å²) < 4.78 is 11.0. The van der Waals surface area contributed by atoms with Crippen LogP contribution in [0.2, 0.25) is 0 Å². The van der Waals surface area contributed by atoms with Crippen LogP contribution in [-0.2, 0) is 0 Å². The molecule has 2 rings (SSSR count). The van der Waals surface area contributed by atoms with Gasteiger partial charge >= 0.3 is 0 Å². The van der Waals surface area contributed by atoms with Crippen LogP contribution >= 0.6 is 0 Å². The lowest BCUT2D eigenvalue weighted by atomic mass is 10.2. The minimum Gasteiger partial charge on any atom is -0.494 e. The van der Waals surface area contributed by atoms with Crippen molar-refractivity contribution < 1.29 is 9.47 Å². The molecule has 0 saturated heterocycles. The number of aryl methyl sites for hydroxylation is 1. The topological polar surface area (TPSA) is 55.1 Å². The van der Waals surface area contributed by atoms with Crippen molar-refractivity contribution in [2.75, 3.05) is 6.61 Å². The van der Waals surface area contributed by atoms with E-state index in [-0.39, 0.29) is 0 Å². The van der Waals surface area contributed by atoms with Crippen molar-refractivity contribution in [3.63, 3.8) is 0 Å². The first-order valence-corrected chi connectivity index (χ1v) is 6.01. The monoisotopic (exact) mass is 254 g/mol. The molecule has 0 unspecified atom stereocenters. The Kier molecular flexibility index (Phi) is 3.99. The molecule has 96 valence electrons. The highest BCUT2D eigenvalue weighted by Gasteiger charge is 2.03. The molecule has 0 N–H and O–H groups in total. The summed E-state index contributed by atoms with van der Waals surface area (Å²) in [6.45, 7) is 4.39. The molecule has 1 heterocycles. The fraction of sp³-hybridized carbons (Fsp3) is 0.200. The second-order valence-corrected chi connectivity index (χ2v) is 3.95. The van der Waals surface area contributed by atoms with Crippen LogP contribution < -0.4 is 9.47 Å². The normalized spacial score (nSPS) is 9.74. The first-order valence-electron chi connectivity index (χ1n) is 6.01. The molecule has 0 amide bonds. The molecule has 0 fully saturated rings. The Hall–Kier alpha value is -2.54. The maximum atomic E-state index is 8.90. The lowest BCUT2D eigenvalue weighted by molar-refractivity contribution is 0.339. The fourth-order valence-electron chi connectivity index (χ4n) is 1.65. The molecule has 0 radical (unpaired) electrons. The van der Waals surface area contributed by atoms with E-state index >= 15 is 0 Å².